The summed E-state index contributed by atoms with van der Waals surface area (Å²) < 4.78 is 151. The minimum absolute atomic E-state index is 0.0596. The van der Waals surface area contributed by atoms with Crippen LogP contribution < -0.4 is 0 Å². The zero-order valence-electron chi connectivity index (χ0n) is 67.7. The van der Waals surface area contributed by atoms with Gasteiger partial charge in [-0.2, -0.15) is 0 Å². The van der Waals surface area contributed by atoms with Crippen LogP contribution in [0.15, 0.2) is 0 Å². The summed E-state index contributed by atoms with van der Waals surface area (Å²) in [7, 11) is 0. The molecule has 14 bridgehead atoms. The summed E-state index contributed by atoms with van der Waals surface area (Å²) in [6, 6.07) is 0. The van der Waals surface area contributed by atoms with Gasteiger partial charge in [0.1, 0.15) is 165 Å². The van der Waals surface area contributed by atoms with E-state index in [-0.39, 0.29) is 26.2 Å². The lowest BCUT2D eigenvalue weighted by Gasteiger charge is -2.51. The van der Waals surface area contributed by atoms with Crippen LogP contribution in [0.2, 0.25) is 0 Å². The Morgan fingerprint density at radius 3 is 0.504 bits per heavy atom. The molecule has 0 aromatic heterocycles. The second-order valence-corrected chi connectivity index (χ2v) is 31.4. The van der Waals surface area contributed by atoms with Crippen molar-refractivity contribution in [3.63, 3.8) is 0 Å². The summed E-state index contributed by atoms with van der Waals surface area (Å²) in [5.41, 5.74) is 0. The molecule has 21 rings (SSSR count). The topological polar surface area (TPSA) is 626 Å². The van der Waals surface area contributed by atoms with Crippen LogP contribution in [-0.4, -0.2) is 484 Å². The van der Waals surface area contributed by atoms with Crippen molar-refractivity contribution in [3.8, 4) is 0 Å². The van der Waals surface area contributed by atoms with Gasteiger partial charge in [0.15, 0.2) is 44.0 Å². The van der Waals surface area contributed by atoms with Crippen molar-refractivity contribution in [2.45, 2.75) is 359 Å². The normalized spacial score (nSPS) is 43.4. The Balaban J connectivity index is 1.27. The molecule has 0 radical (unpaired) electrons. The van der Waals surface area contributed by atoms with Gasteiger partial charge in [0, 0.05) is 0 Å². The molecule has 20 N–H and O–H groups in total. The minimum Gasteiger partial charge on any atom is -0.394 e. The van der Waals surface area contributed by atoms with E-state index in [4.69, 9.17) is 114 Å². The standard InChI is InChI=1S/C73H132O44/c1-12-39-53-46(87)60(97-22-32(5)83)67(104-39)112-57-43(16-77)108-71(64(50(57)91)101-26-36(9)94-19-29(2)80)115-56-42(15-76)107-70(63(49(56)90)100-25-35(8)86)114-58-44(17-78)109-73(65(51(58)92)102-27-37(10)95-20-30(3)81)117-59-45(18-79)110-72(66(52(59)93)103-28-38(11)96-21-31(4)82)116-55-41(14-75)106-69(62(48(55)89)99-24-34(7)85)113-54-40(13-74)105-68(111-53)61(47(54)88)98-23-33(6)84/h29-93H,12-28H2,1-11H3. The molecule has 0 aromatic rings. The summed E-state index contributed by atoms with van der Waals surface area (Å²) in [6.07, 6.45) is -75.5. The van der Waals surface area contributed by atoms with Gasteiger partial charge >= 0.3 is 0 Å². The highest BCUT2D eigenvalue weighted by Crippen LogP contribution is 2.42. The van der Waals surface area contributed by atoms with Crippen molar-refractivity contribution < 1.29 is 216 Å². The number of ether oxygens (including phenoxy) is 24. The molecule has 0 saturated carbocycles. The molecular formula is C73H132O44. The fourth-order valence-corrected chi connectivity index (χ4v) is 14.5. The van der Waals surface area contributed by atoms with Crippen LogP contribution in [0.4, 0.5) is 0 Å². The molecule has 44 heteroatoms. The number of rotatable bonds is 37. The van der Waals surface area contributed by atoms with E-state index in [0.717, 1.165) is 0 Å². The Hall–Kier alpha value is -1.76. The first-order chi connectivity index (χ1) is 55.6. The number of hydrogen-bond donors (Lipinski definition) is 20. The summed E-state index contributed by atoms with van der Waals surface area (Å²) in [6.45, 7) is 5.68. The second kappa shape index (κ2) is 48.3. The summed E-state index contributed by atoms with van der Waals surface area (Å²) >= 11 is 0. The van der Waals surface area contributed by atoms with Gasteiger partial charge in [-0.15, -0.1) is 0 Å². The third-order valence-electron chi connectivity index (χ3n) is 20.4. The quantitative estimate of drug-likeness (QED) is 0.0275. The third kappa shape index (κ3) is 27.1. The molecule has 21 aliphatic heterocycles. The maximum absolute atomic E-state index is 12.8. The maximum Gasteiger partial charge on any atom is 0.187 e. The second-order valence-electron chi connectivity index (χ2n) is 31.4. The first kappa shape index (κ1) is 101. The van der Waals surface area contributed by atoms with Crippen LogP contribution in [0.5, 0.6) is 0 Å². The lowest BCUT2D eigenvalue weighted by Crippen LogP contribution is -2.69. The van der Waals surface area contributed by atoms with Crippen LogP contribution in [0.1, 0.15) is 82.6 Å². The monoisotopic (exact) mass is 1710 g/mol. The SMILES string of the molecule is CCC1OC2OC3C(CO)OC(OC4C(CO)OC(OC5C(CO)OC(OC6C(CO)OC(OC7C(CO)OC(OC8C(CO)OC(OC1C(O)C2OCC(C)O)C(OCC(C)O)C8O)C(OCC(C)O)C7O)C(OCC(C)OCC(C)O)C6O)C(OCC(C)OCC(C)O)C5O)C(OCC(C)O)C4O)C(OCC(C)OCC(C)O)C3O. The average molecular weight is 1710 g/mol. The van der Waals surface area contributed by atoms with Gasteiger partial charge in [-0.3, -0.25) is 0 Å². The van der Waals surface area contributed by atoms with Gasteiger partial charge < -0.3 is 216 Å². The molecule has 45 unspecified atom stereocenters. The number of aliphatic hydroxyl groups excluding tert-OH is 20. The zero-order valence-corrected chi connectivity index (χ0v) is 67.7. The van der Waals surface area contributed by atoms with Crippen LogP contribution in [-0.2, 0) is 114 Å². The molecule has 117 heavy (non-hydrogen) atoms. The van der Waals surface area contributed by atoms with E-state index in [1.54, 1.807) is 27.7 Å². The molecule has 0 amide bonds. The summed E-state index contributed by atoms with van der Waals surface area (Å²) in [4.78, 5) is 0. The van der Waals surface area contributed by atoms with E-state index in [2.05, 4.69) is 0 Å². The zero-order chi connectivity index (χ0) is 86.0. The Bertz CT molecular complexity index is 2720. The largest absolute Gasteiger partial charge is 0.394 e. The fraction of sp³-hybridized carbons (Fsp3) is 1.00. The lowest BCUT2D eigenvalue weighted by atomic mass is 9.94. The van der Waals surface area contributed by atoms with Gasteiger partial charge in [-0.1, -0.05) is 6.92 Å². The van der Waals surface area contributed by atoms with Gasteiger partial charge in [-0.25, -0.2) is 0 Å². The van der Waals surface area contributed by atoms with Crippen molar-refractivity contribution in [1.29, 1.82) is 0 Å². The number of hydrogen-bond acceptors (Lipinski definition) is 44. The van der Waals surface area contributed by atoms with E-state index in [1.807, 2.05) is 0 Å². The predicted octanol–water partition coefficient (Wildman–Crippen LogP) is -9.76. The molecule has 21 aliphatic rings. The van der Waals surface area contributed by atoms with Crippen LogP contribution in [0, 0.1) is 0 Å². The molecular weight excluding hydrogens is 1580 g/mol. The molecule has 688 valence electrons. The van der Waals surface area contributed by atoms with Crippen molar-refractivity contribution in [2.75, 3.05) is 106 Å². The van der Waals surface area contributed by atoms with Gasteiger partial charge in [0.2, 0.25) is 0 Å². The first-order valence-corrected chi connectivity index (χ1v) is 40.1. The number of aliphatic hydroxyl groups is 20. The molecule has 0 spiro atoms. The smallest absolute Gasteiger partial charge is 0.187 e. The van der Waals surface area contributed by atoms with E-state index in [9.17, 15) is 102 Å². The first-order valence-electron chi connectivity index (χ1n) is 40.1. The Morgan fingerprint density at radius 2 is 0.359 bits per heavy atom. The van der Waals surface area contributed by atoms with Crippen LogP contribution in [0.3, 0.4) is 0 Å². The highest BCUT2D eigenvalue weighted by atomic mass is 16.8. The molecule has 21 saturated heterocycles. The van der Waals surface area contributed by atoms with E-state index in [1.165, 1.54) is 48.5 Å². The third-order valence-corrected chi connectivity index (χ3v) is 20.4. The summed E-state index contributed by atoms with van der Waals surface area (Å²) in [5, 5.41) is 230. The Morgan fingerprint density at radius 1 is 0.214 bits per heavy atom. The Labute approximate surface area is 678 Å². The fourth-order valence-electron chi connectivity index (χ4n) is 14.5. The van der Waals surface area contributed by atoms with Gasteiger partial charge in [0.25, 0.3) is 0 Å². The molecule has 0 aliphatic carbocycles. The maximum atomic E-state index is 12.8. The van der Waals surface area contributed by atoms with Crippen molar-refractivity contribution in [3.05, 3.63) is 0 Å². The van der Waals surface area contributed by atoms with Gasteiger partial charge in [0.05, 0.1) is 173 Å². The van der Waals surface area contributed by atoms with E-state index < -0.39 is 362 Å². The van der Waals surface area contributed by atoms with Gasteiger partial charge in [-0.05, 0) is 75.7 Å². The predicted molar refractivity (Wildman–Crippen MR) is 386 cm³/mol. The minimum atomic E-state index is -2.08. The van der Waals surface area contributed by atoms with Crippen molar-refractivity contribution in [2.24, 2.45) is 0 Å². The van der Waals surface area contributed by atoms with Crippen molar-refractivity contribution >= 4 is 0 Å². The summed E-state index contributed by atoms with van der Waals surface area (Å²) in [5.74, 6) is 0. The molecule has 21 heterocycles. The lowest BCUT2D eigenvalue weighted by molar-refractivity contribution is -0.403. The van der Waals surface area contributed by atoms with Crippen LogP contribution in [0.25, 0.3) is 0 Å². The highest BCUT2D eigenvalue weighted by Gasteiger charge is 2.62. The molecule has 44 nitrogen and oxygen atoms in total. The van der Waals surface area contributed by atoms with Crippen LogP contribution >= 0.6 is 0 Å². The van der Waals surface area contributed by atoms with E-state index in [0.29, 0.717) is 0 Å². The van der Waals surface area contributed by atoms with Crippen molar-refractivity contribution in [1.82, 2.24) is 0 Å². The highest BCUT2D eigenvalue weighted by molar-refractivity contribution is 5.04. The average Bonchev–Trinajstić information content (AvgIpc) is 0.821. The molecule has 0 aromatic carbocycles. The molecule has 45 atom stereocenters. The molecule has 21 fully saturated rings. The Kier molecular flexibility index (Phi) is 41.5. The van der Waals surface area contributed by atoms with E-state index >= 15 is 0 Å².